The third-order valence-corrected chi connectivity index (χ3v) is 4.21. The fourth-order valence-corrected chi connectivity index (χ4v) is 2.96. The van der Waals surface area contributed by atoms with Crippen LogP contribution in [0, 0.1) is 6.92 Å². The summed E-state index contributed by atoms with van der Waals surface area (Å²) < 4.78 is 11.0. The Morgan fingerprint density at radius 1 is 1.22 bits per heavy atom. The minimum atomic E-state index is -0.332. The normalized spacial score (nSPS) is 21.7. The van der Waals surface area contributed by atoms with Crippen molar-refractivity contribution >= 4 is 0 Å². The van der Waals surface area contributed by atoms with Crippen LogP contribution in [0.5, 0.6) is 0 Å². The average molecular weight is 316 g/mol. The fourth-order valence-electron chi connectivity index (χ4n) is 2.96. The summed E-state index contributed by atoms with van der Waals surface area (Å²) in [7, 11) is 2.05. The van der Waals surface area contributed by atoms with Gasteiger partial charge < -0.3 is 9.26 Å². The molecule has 2 aromatic rings. The zero-order chi connectivity index (χ0) is 16.3. The summed E-state index contributed by atoms with van der Waals surface area (Å²) in [6.07, 6.45) is 7.07. The van der Waals surface area contributed by atoms with Crippen molar-refractivity contribution in [2.75, 3.05) is 13.7 Å². The quantitative estimate of drug-likeness (QED) is 0.845. The van der Waals surface area contributed by atoms with Crippen LogP contribution in [0.2, 0.25) is 0 Å². The third kappa shape index (κ3) is 3.95. The monoisotopic (exact) mass is 316 g/mol. The lowest BCUT2D eigenvalue weighted by molar-refractivity contribution is -0.0761. The molecule has 6 heteroatoms. The molecule has 0 aromatic carbocycles. The number of ether oxygens (including phenoxy) is 1. The van der Waals surface area contributed by atoms with Gasteiger partial charge in [0.05, 0.1) is 5.69 Å². The van der Waals surface area contributed by atoms with Crippen molar-refractivity contribution in [1.82, 2.24) is 20.0 Å². The lowest BCUT2D eigenvalue weighted by atomic mass is 9.95. The van der Waals surface area contributed by atoms with Crippen LogP contribution in [-0.2, 0) is 23.4 Å². The Morgan fingerprint density at radius 3 is 2.61 bits per heavy atom. The minimum absolute atomic E-state index is 0.332. The summed E-state index contributed by atoms with van der Waals surface area (Å²) in [5.74, 6) is 1.62. The Labute approximate surface area is 136 Å². The van der Waals surface area contributed by atoms with E-state index in [0.29, 0.717) is 0 Å². The summed E-state index contributed by atoms with van der Waals surface area (Å²) in [6, 6.07) is 1.96. The Morgan fingerprint density at radius 2 is 2.00 bits per heavy atom. The Hall–Kier alpha value is -1.79. The van der Waals surface area contributed by atoms with E-state index >= 15 is 0 Å². The highest BCUT2D eigenvalue weighted by Gasteiger charge is 2.32. The molecule has 0 N–H and O–H groups in total. The Bertz CT molecular complexity index is 632. The van der Waals surface area contributed by atoms with Crippen molar-refractivity contribution < 1.29 is 9.26 Å². The van der Waals surface area contributed by atoms with Gasteiger partial charge in [0.2, 0.25) is 0 Å². The summed E-state index contributed by atoms with van der Waals surface area (Å²) in [5, 5.41) is 4.02. The highest BCUT2D eigenvalue weighted by molar-refractivity contribution is 5.10. The second kappa shape index (κ2) is 6.76. The van der Waals surface area contributed by atoms with E-state index in [-0.39, 0.29) is 5.60 Å². The number of hydrogen-bond acceptors (Lipinski definition) is 6. The van der Waals surface area contributed by atoms with Crippen molar-refractivity contribution in [3.63, 3.8) is 0 Å². The van der Waals surface area contributed by atoms with Crippen LogP contribution in [0.15, 0.2) is 23.0 Å². The van der Waals surface area contributed by atoms with Crippen LogP contribution in [0.1, 0.15) is 49.0 Å². The van der Waals surface area contributed by atoms with Gasteiger partial charge in [0.25, 0.3) is 0 Å². The molecule has 23 heavy (non-hydrogen) atoms. The number of rotatable bonds is 5. The molecule has 0 radical (unpaired) electrons. The van der Waals surface area contributed by atoms with Gasteiger partial charge in [-0.05, 0) is 40.2 Å². The highest BCUT2D eigenvalue weighted by Crippen LogP contribution is 2.32. The standard InChI is InChI=1S/C17H24N4O2/c1-13-8-15(20-23-13)12-21(3)11-14-9-18-16(19-10-14)17(2)6-4-5-7-22-17/h8-10H,4-7,11-12H2,1-3H3. The molecule has 2 aromatic heterocycles. The van der Waals surface area contributed by atoms with Crippen molar-refractivity contribution in [3.8, 4) is 0 Å². The van der Waals surface area contributed by atoms with Gasteiger partial charge in [-0.3, -0.25) is 4.90 Å². The predicted molar refractivity (Wildman–Crippen MR) is 85.6 cm³/mol. The molecule has 6 nitrogen and oxygen atoms in total. The van der Waals surface area contributed by atoms with E-state index in [2.05, 4.69) is 26.9 Å². The van der Waals surface area contributed by atoms with Crippen molar-refractivity contribution in [1.29, 1.82) is 0 Å². The molecular weight excluding hydrogens is 292 g/mol. The van der Waals surface area contributed by atoms with Crippen molar-refractivity contribution in [3.05, 3.63) is 41.3 Å². The van der Waals surface area contributed by atoms with Gasteiger partial charge in [-0.15, -0.1) is 0 Å². The summed E-state index contributed by atoms with van der Waals surface area (Å²) in [5.41, 5.74) is 1.68. The second-order valence-electron chi connectivity index (χ2n) is 6.55. The molecule has 124 valence electrons. The maximum atomic E-state index is 5.90. The largest absolute Gasteiger partial charge is 0.367 e. The van der Waals surface area contributed by atoms with E-state index in [0.717, 1.165) is 55.4 Å². The van der Waals surface area contributed by atoms with Gasteiger partial charge >= 0.3 is 0 Å². The topological polar surface area (TPSA) is 64.3 Å². The summed E-state index contributed by atoms with van der Waals surface area (Å²) in [6.45, 7) is 6.28. The van der Waals surface area contributed by atoms with Crippen molar-refractivity contribution in [2.45, 2.75) is 51.8 Å². The predicted octanol–water partition coefficient (Wildman–Crippen LogP) is 2.82. The van der Waals surface area contributed by atoms with Crippen LogP contribution < -0.4 is 0 Å². The first-order valence-corrected chi connectivity index (χ1v) is 8.11. The maximum Gasteiger partial charge on any atom is 0.159 e. The average Bonchev–Trinajstić information content (AvgIpc) is 2.93. The zero-order valence-corrected chi connectivity index (χ0v) is 14.1. The van der Waals surface area contributed by atoms with Crippen LogP contribution in [0.3, 0.4) is 0 Å². The lowest BCUT2D eigenvalue weighted by Crippen LogP contribution is -2.32. The molecule has 1 unspecified atom stereocenters. The number of nitrogens with zero attached hydrogens (tertiary/aromatic N) is 4. The van der Waals surface area contributed by atoms with Gasteiger partial charge in [0, 0.05) is 43.7 Å². The molecule has 1 fully saturated rings. The first kappa shape index (κ1) is 16.1. The van der Waals surface area contributed by atoms with Gasteiger partial charge in [-0.1, -0.05) is 5.16 Å². The highest BCUT2D eigenvalue weighted by atomic mass is 16.5. The Balaban J connectivity index is 1.60. The van der Waals surface area contributed by atoms with Crippen LogP contribution in [0.4, 0.5) is 0 Å². The smallest absolute Gasteiger partial charge is 0.159 e. The molecule has 0 aliphatic carbocycles. The molecular formula is C17H24N4O2. The van der Waals surface area contributed by atoms with Gasteiger partial charge in [-0.25, -0.2) is 9.97 Å². The molecule has 0 bridgehead atoms. The van der Waals surface area contributed by atoms with E-state index in [1.165, 1.54) is 6.42 Å². The first-order chi connectivity index (χ1) is 11.0. The molecule has 0 spiro atoms. The third-order valence-electron chi connectivity index (χ3n) is 4.21. The molecule has 0 saturated carbocycles. The van der Waals surface area contributed by atoms with Gasteiger partial charge in [0.15, 0.2) is 5.82 Å². The summed E-state index contributed by atoms with van der Waals surface area (Å²) >= 11 is 0. The van der Waals surface area contributed by atoms with E-state index in [1.807, 2.05) is 32.4 Å². The van der Waals surface area contributed by atoms with Gasteiger partial charge in [0.1, 0.15) is 11.4 Å². The molecule has 1 atom stereocenters. The zero-order valence-electron chi connectivity index (χ0n) is 14.1. The number of aromatic nitrogens is 3. The molecule has 3 rings (SSSR count). The van der Waals surface area contributed by atoms with E-state index in [4.69, 9.17) is 9.26 Å². The Kier molecular flexibility index (Phi) is 4.73. The maximum absolute atomic E-state index is 5.90. The molecule has 1 aliphatic rings. The number of aryl methyl sites for hydroxylation is 1. The van der Waals surface area contributed by atoms with Crippen molar-refractivity contribution in [2.24, 2.45) is 0 Å². The summed E-state index contributed by atoms with van der Waals surface area (Å²) in [4.78, 5) is 11.2. The fraction of sp³-hybridized carbons (Fsp3) is 0.588. The number of hydrogen-bond donors (Lipinski definition) is 0. The first-order valence-electron chi connectivity index (χ1n) is 8.11. The van der Waals surface area contributed by atoms with E-state index in [1.54, 1.807) is 0 Å². The van der Waals surface area contributed by atoms with Gasteiger partial charge in [-0.2, -0.15) is 0 Å². The van der Waals surface area contributed by atoms with E-state index in [9.17, 15) is 0 Å². The minimum Gasteiger partial charge on any atom is -0.367 e. The molecule has 0 amide bonds. The molecule has 3 heterocycles. The van der Waals surface area contributed by atoms with Crippen LogP contribution in [-0.4, -0.2) is 33.7 Å². The second-order valence-corrected chi connectivity index (χ2v) is 6.55. The molecule has 1 saturated heterocycles. The van der Waals surface area contributed by atoms with Crippen LogP contribution >= 0.6 is 0 Å². The van der Waals surface area contributed by atoms with Crippen LogP contribution in [0.25, 0.3) is 0 Å². The molecule has 1 aliphatic heterocycles. The lowest BCUT2D eigenvalue weighted by Gasteiger charge is -2.32. The SMILES string of the molecule is Cc1cc(CN(C)Cc2cnc(C3(C)CCCCO3)nc2)no1. The van der Waals surface area contributed by atoms with E-state index < -0.39 is 0 Å².